The molecule has 1 spiro atoms. The van der Waals surface area contributed by atoms with E-state index in [2.05, 4.69) is 19.2 Å². The molecular formula is C26H36N2O5S. The van der Waals surface area contributed by atoms with Crippen molar-refractivity contribution in [3.05, 3.63) is 35.9 Å². The monoisotopic (exact) mass is 488 g/mol. The molecule has 1 aromatic rings. The SMILES string of the molecule is CCCC(C)NC(=O)C1N([C@H](CO)c2ccccc2)C(=O)[C@@H]2[C@H](C(=O)OCC)[C@@H]3CC(C)C12S3. The summed E-state index contributed by atoms with van der Waals surface area (Å²) in [6.45, 7) is 7.84. The summed E-state index contributed by atoms with van der Waals surface area (Å²) >= 11 is 1.62. The number of aliphatic hydroxyl groups is 1. The van der Waals surface area contributed by atoms with Crippen LogP contribution in [-0.4, -0.2) is 63.1 Å². The highest BCUT2D eigenvalue weighted by atomic mass is 32.2. The van der Waals surface area contributed by atoms with Gasteiger partial charge in [0.2, 0.25) is 11.8 Å². The van der Waals surface area contributed by atoms with E-state index in [1.807, 2.05) is 37.3 Å². The van der Waals surface area contributed by atoms with E-state index in [1.165, 1.54) is 0 Å². The molecule has 3 saturated heterocycles. The first kappa shape index (κ1) is 25.0. The molecule has 3 fully saturated rings. The van der Waals surface area contributed by atoms with Crippen LogP contribution in [0.1, 0.15) is 58.6 Å². The van der Waals surface area contributed by atoms with Crippen molar-refractivity contribution in [2.75, 3.05) is 13.2 Å². The fraction of sp³-hybridized carbons (Fsp3) is 0.654. The van der Waals surface area contributed by atoms with Gasteiger partial charge in [-0.25, -0.2) is 0 Å². The zero-order chi connectivity index (χ0) is 24.6. The molecule has 186 valence electrons. The predicted octanol–water partition coefficient (Wildman–Crippen LogP) is 2.93. The number of nitrogens with one attached hydrogen (secondary N) is 1. The minimum Gasteiger partial charge on any atom is -0.466 e. The molecule has 0 radical (unpaired) electrons. The summed E-state index contributed by atoms with van der Waals surface area (Å²) in [4.78, 5) is 42.7. The van der Waals surface area contributed by atoms with Crippen molar-refractivity contribution in [2.45, 2.75) is 75.1 Å². The van der Waals surface area contributed by atoms with E-state index in [-0.39, 0.29) is 48.2 Å². The van der Waals surface area contributed by atoms with E-state index in [1.54, 1.807) is 23.6 Å². The van der Waals surface area contributed by atoms with Gasteiger partial charge in [0.15, 0.2) is 0 Å². The number of fused-ring (bicyclic) bond motifs is 1. The molecule has 0 aliphatic carbocycles. The Morgan fingerprint density at radius 3 is 2.62 bits per heavy atom. The normalized spacial score (nSPS) is 33.5. The van der Waals surface area contributed by atoms with Crippen LogP contribution in [-0.2, 0) is 19.1 Å². The second-order valence-electron chi connectivity index (χ2n) is 9.86. The van der Waals surface area contributed by atoms with Crippen LogP contribution < -0.4 is 5.32 Å². The number of carbonyl (C=O) groups is 3. The Kier molecular flexibility index (Phi) is 7.29. The highest BCUT2D eigenvalue weighted by Crippen LogP contribution is 2.69. The number of rotatable bonds is 9. The second kappa shape index (κ2) is 9.90. The van der Waals surface area contributed by atoms with Crippen molar-refractivity contribution >= 4 is 29.5 Å². The van der Waals surface area contributed by atoms with Crippen LogP contribution in [0.3, 0.4) is 0 Å². The number of hydrogen-bond acceptors (Lipinski definition) is 6. The van der Waals surface area contributed by atoms with Gasteiger partial charge in [-0.2, -0.15) is 0 Å². The Balaban J connectivity index is 1.81. The van der Waals surface area contributed by atoms with Gasteiger partial charge < -0.3 is 20.1 Å². The summed E-state index contributed by atoms with van der Waals surface area (Å²) in [5.41, 5.74) is 0.772. The first-order valence-corrected chi connectivity index (χ1v) is 13.3. The molecule has 8 heteroatoms. The molecule has 0 saturated carbocycles. The Hall–Kier alpha value is -2.06. The number of nitrogens with zero attached hydrogens (tertiary/aromatic N) is 1. The Bertz CT molecular complexity index is 927. The van der Waals surface area contributed by atoms with Crippen molar-refractivity contribution in [3.63, 3.8) is 0 Å². The molecule has 4 unspecified atom stereocenters. The average Bonchev–Trinajstić information content (AvgIpc) is 3.39. The predicted molar refractivity (Wildman–Crippen MR) is 131 cm³/mol. The number of thioether (sulfide) groups is 1. The van der Waals surface area contributed by atoms with E-state index in [9.17, 15) is 19.5 Å². The van der Waals surface area contributed by atoms with Gasteiger partial charge in [0.1, 0.15) is 6.04 Å². The molecule has 7 nitrogen and oxygen atoms in total. The number of amides is 2. The standard InChI is InChI=1S/C26H36N2O5S/c1-5-10-16(4)27-23(30)22-26-15(3)13-19(34-26)20(25(32)33-6-2)21(26)24(31)28(22)18(14-29)17-11-8-7-9-12-17/h7-9,11-12,15-16,18-22,29H,5-6,10,13-14H2,1-4H3,(H,27,30)/t15?,16?,18-,19+,20-,21+,22?,26?/m1/s1. The lowest BCUT2D eigenvalue weighted by atomic mass is 9.66. The third-order valence-corrected chi connectivity index (χ3v) is 9.87. The molecule has 2 amide bonds. The maximum atomic E-state index is 14.2. The smallest absolute Gasteiger partial charge is 0.310 e. The van der Waals surface area contributed by atoms with Crippen LogP contribution in [0.5, 0.6) is 0 Å². The Morgan fingerprint density at radius 1 is 1.29 bits per heavy atom. The molecule has 0 aromatic heterocycles. The van der Waals surface area contributed by atoms with Gasteiger partial charge in [-0.3, -0.25) is 14.4 Å². The van der Waals surface area contributed by atoms with Crippen LogP contribution in [0.2, 0.25) is 0 Å². The van der Waals surface area contributed by atoms with Crippen LogP contribution >= 0.6 is 11.8 Å². The number of likely N-dealkylation sites (tertiary alicyclic amines) is 1. The average molecular weight is 489 g/mol. The zero-order valence-electron chi connectivity index (χ0n) is 20.4. The van der Waals surface area contributed by atoms with Crippen LogP contribution in [0, 0.1) is 17.8 Å². The number of hydrogen-bond donors (Lipinski definition) is 2. The molecule has 3 heterocycles. The van der Waals surface area contributed by atoms with Crippen molar-refractivity contribution in [3.8, 4) is 0 Å². The van der Waals surface area contributed by atoms with Gasteiger partial charge >= 0.3 is 5.97 Å². The largest absolute Gasteiger partial charge is 0.466 e. The highest BCUT2D eigenvalue weighted by Gasteiger charge is 2.77. The van der Waals surface area contributed by atoms with Crippen molar-refractivity contribution in [2.24, 2.45) is 17.8 Å². The summed E-state index contributed by atoms with van der Waals surface area (Å²) in [5, 5.41) is 13.6. The Morgan fingerprint density at radius 2 is 2.00 bits per heavy atom. The minimum absolute atomic E-state index is 0.0334. The van der Waals surface area contributed by atoms with Gasteiger partial charge in [-0.1, -0.05) is 50.6 Å². The minimum atomic E-state index is -0.772. The molecule has 34 heavy (non-hydrogen) atoms. The summed E-state index contributed by atoms with van der Waals surface area (Å²) in [7, 11) is 0. The number of aliphatic hydroxyl groups excluding tert-OH is 1. The van der Waals surface area contributed by atoms with Crippen LogP contribution in [0.4, 0.5) is 0 Å². The lowest BCUT2D eigenvalue weighted by Crippen LogP contribution is -2.58. The number of benzene rings is 1. The van der Waals surface area contributed by atoms with Crippen molar-refractivity contribution in [1.29, 1.82) is 0 Å². The molecular weight excluding hydrogens is 452 g/mol. The van der Waals surface area contributed by atoms with Gasteiger partial charge in [-0.15, -0.1) is 11.8 Å². The first-order chi connectivity index (χ1) is 16.3. The van der Waals surface area contributed by atoms with Crippen molar-refractivity contribution < 1.29 is 24.2 Å². The lowest BCUT2D eigenvalue weighted by Gasteiger charge is -2.40. The van der Waals surface area contributed by atoms with E-state index in [0.29, 0.717) is 0 Å². The van der Waals surface area contributed by atoms with Gasteiger partial charge in [0.25, 0.3) is 0 Å². The fourth-order valence-corrected chi connectivity index (χ4v) is 8.85. The zero-order valence-corrected chi connectivity index (χ0v) is 21.2. The maximum Gasteiger partial charge on any atom is 0.310 e. The summed E-state index contributed by atoms with van der Waals surface area (Å²) in [6, 6.07) is 7.86. The maximum absolute atomic E-state index is 14.2. The van der Waals surface area contributed by atoms with Crippen LogP contribution in [0.15, 0.2) is 30.3 Å². The highest BCUT2D eigenvalue weighted by molar-refractivity contribution is 8.02. The van der Waals surface area contributed by atoms with Crippen LogP contribution in [0.25, 0.3) is 0 Å². The summed E-state index contributed by atoms with van der Waals surface area (Å²) in [6.07, 6.45) is 2.53. The first-order valence-electron chi connectivity index (χ1n) is 12.4. The number of esters is 1. The van der Waals surface area contributed by atoms with E-state index < -0.39 is 28.7 Å². The Labute approximate surface area is 206 Å². The van der Waals surface area contributed by atoms with Gasteiger partial charge in [-0.05, 0) is 38.2 Å². The van der Waals surface area contributed by atoms with E-state index in [0.717, 1.165) is 24.8 Å². The van der Waals surface area contributed by atoms with Gasteiger partial charge in [0.05, 0.1) is 35.8 Å². The topological polar surface area (TPSA) is 95.9 Å². The number of ether oxygens (including phenoxy) is 1. The van der Waals surface area contributed by atoms with Crippen molar-refractivity contribution in [1.82, 2.24) is 10.2 Å². The summed E-state index contributed by atoms with van der Waals surface area (Å²) < 4.78 is 4.67. The number of carbonyl (C=O) groups excluding carboxylic acids is 3. The second-order valence-corrected chi connectivity index (χ2v) is 11.4. The molecule has 4 rings (SSSR count). The van der Waals surface area contributed by atoms with E-state index >= 15 is 0 Å². The van der Waals surface area contributed by atoms with Gasteiger partial charge in [0, 0.05) is 11.3 Å². The van der Waals surface area contributed by atoms with E-state index in [4.69, 9.17) is 4.74 Å². The molecule has 2 N–H and O–H groups in total. The molecule has 3 aliphatic rings. The third-order valence-electron chi connectivity index (χ3n) is 7.79. The third kappa shape index (κ3) is 3.83. The summed E-state index contributed by atoms with van der Waals surface area (Å²) in [5.74, 6) is -1.92. The molecule has 2 bridgehead atoms. The fourth-order valence-electron chi connectivity index (χ4n) is 6.46. The lowest BCUT2D eigenvalue weighted by molar-refractivity contribution is -0.154. The molecule has 3 aliphatic heterocycles. The molecule has 1 aromatic carbocycles. The quantitative estimate of drug-likeness (QED) is 0.519. The molecule has 8 atom stereocenters.